The second kappa shape index (κ2) is 17.9. The molecule has 0 radical (unpaired) electrons. The summed E-state index contributed by atoms with van der Waals surface area (Å²) in [5.74, 6) is -5.19. The van der Waals surface area contributed by atoms with Crippen LogP contribution in [0, 0.1) is 26.7 Å². The number of rotatable bonds is 17. The van der Waals surface area contributed by atoms with Gasteiger partial charge in [-0.1, -0.05) is 0 Å². The molecular formula is C41H52N4O15. The van der Waals surface area contributed by atoms with Gasteiger partial charge >= 0.3 is 11.9 Å². The molecule has 0 bridgehead atoms. The van der Waals surface area contributed by atoms with Crippen molar-refractivity contribution in [2.24, 2.45) is 5.92 Å². The highest BCUT2D eigenvalue weighted by molar-refractivity contribution is 6.14. The normalized spacial score (nSPS) is 25.8. The number of aromatic amines is 3. The number of hydrogen-bond acceptors (Lipinski definition) is 14. The molecule has 3 aromatic rings. The molecule has 60 heavy (non-hydrogen) atoms. The van der Waals surface area contributed by atoms with Crippen molar-refractivity contribution in [3.05, 3.63) is 78.7 Å². The van der Waals surface area contributed by atoms with Crippen LogP contribution in [-0.2, 0) is 54.3 Å². The third-order valence-corrected chi connectivity index (χ3v) is 12.3. The molecule has 9 atom stereocenters. The first kappa shape index (κ1) is 44.6. The number of carbonyl (C=O) groups is 5. The van der Waals surface area contributed by atoms with E-state index in [2.05, 4.69) is 20.3 Å². The molecule has 1 saturated heterocycles. The van der Waals surface area contributed by atoms with Gasteiger partial charge < -0.3 is 70.2 Å². The highest BCUT2D eigenvalue weighted by Gasteiger charge is 2.50. The molecule has 3 aliphatic rings. The summed E-state index contributed by atoms with van der Waals surface area (Å²) in [6.07, 6.45) is -7.70. The Labute approximate surface area is 343 Å². The second-order valence-electron chi connectivity index (χ2n) is 15.6. The van der Waals surface area contributed by atoms with Crippen molar-refractivity contribution >= 4 is 29.9 Å². The summed E-state index contributed by atoms with van der Waals surface area (Å²) in [6.45, 7) is 5.58. The summed E-state index contributed by atoms with van der Waals surface area (Å²) in [6, 6.07) is -0.583. The monoisotopic (exact) mass is 840 g/mol. The lowest BCUT2D eigenvalue weighted by Gasteiger charge is -2.39. The maximum Gasteiger partial charge on any atom is 0.317 e. The van der Waals surface area contributed by atoms with Gasteiger partial charge in [-0.3, -0.25) is 24.0 Å². The van der Waals surface area contributed by atoms with E-state index in [1.807, 2.05) is 0 Å². The molecule has 9 unspecified atom stereocenters. The first-order valence-corrected chi connectivity index (χ1v) is 19.6. The summed E-state index contributed by atoms with van der Waals surface area (Å²) in [5.41, 5.74) is 6.81. The molecule has 1 fully saturated rings. The number of aldehydes is 1. The third kappa shape index (κ3) is 7.98. The fourth-order valence-corrected chi connectivity index (χ4v) is 8.90. The highest BCUT2D eigenvalue weighted by Crippen LogP contribution is 2.47. The maximum atomic E-state index is 14.3. The number of hydrogen-bond donors (Lipinski definition) is 11. The highest BCUT2D eigenvalue weighted by atomic mass is 16.7. The molecule has 1 amide bonds. The molecule has 19 nitrogen and oxygen atoms in total. The van der Waals surface area contributed by atoms with Crippen LogP contribution in [0.1, 0.15) is 96.4 Å². The number of H-pyrrole nitrogens is 3. The first-order chi connectivity index (χ1) is 28.5. The van der Waals surface area contributed by atoms with Crippen LogP contribution in [0.4, 0.5) is 0 Å². The summed E-state index contributed by atoms with van der Waals surface area (Å²) in [4.78, 5) is 74.4. The van der Waals surface area contributed by atoms with Crippen LogP contribution in [-0.4, -0.2) is 150 Å². The zero-order valence-electron chi connectivity index (χ0n) is 33.8. The van der Waals surface area contributed by atoms with Crippen LogP contribution in [0.15, 0.2) is 11.1 Å². The number of aliphatic hydroxyl groups is 6. The van der Waals surface area contributed by atoms with E-state index >= 15 is 0 Å². The number of aromatic nitrogens is 3. The Bertz CT molecular complexity index is 2200. The predicted molar refractivity (Wildman–Crippen MR) is 207 cm³/mol. The van der Waals surface area contributed by atoms with Gasteiger partial charge in [0, 0.05) is 58.9 Å². The zero-order valence-corrected chi connectivity index (χ0v) is 33.8. The number of carbonyl (C=O) groups excluding carboxylic acids is 4. The fourth-order valence-electron chi connectivity index (χ4n) is 8.90. The minimum atomic E-state index is -1.62. The first-order valence-electron chi connectivity index (χ1n) is 19.6. The number of carboxylic acids is 1. The van der Waals surface area contributed by atoms with Crippen LogP contribution in [0.3, 0.4) is 0 Å². The minimum absolute atomic E-state index is 0.0402. The number of carboxylic acid groups (broad SMARTS) is 1. The number of aliphatic hydroxyl groups excluding tert-OH is 6. The summed E-state index contributed by atoms with van der Waals surface area (Å²) >= 11 is 0. The van der Waals surface area contributed by atoms with Gasteiger partial charge in [-0.15, -0.1) is 0 Å². The molecule has 6 rings (SSSR count). The Hall–Kier alpha value is -4.99. The van der Waals surface area contributed by atoms with E-state index < -0.39 is 91.5 Å². The topological polar surface area (TPSA) is 314 Å². The Balaban J connectivity index is 1.35. The van der Waals surface area contributed by atoms with Gasteiger partial charge in [0.25, 0.3) is 0 Å². The smallest absolute Gasteiger partial charge is 0.317 e. The largest absolute Gasteiger partial charge is 0.481 e. The van der Waals surface area contributed by atoms with Gasteiger partial charge in [-0.05, 0) is 73.9 Å². The standard InChI is InChI=1S/C41H52N4O15/c1-15-19(8-9-59-41-38(55)37(54)35(52)27(14-48)60-41)24(42-25(15)12-46)11-22-18(4)30-34(44-22)31(32(36(30)53)40(57)58-5)33-20(6-7-28(50)51)16(2)21(43-33)10-23-17(3)29(26(49)13-47)39(56)45-23/h12,23,26-27,31-32,35,37-38,41-44,47-49,52,54-55H,6-11,13-14H2,1-5H3,(H,45,56)(H,50,51). The average molecular weight is 841 g/mol. The van der Waals surface area contributed by atoms with Crippen molar-refractivity contribution < 1.29 is 73.9 Å². The van der Waals surface area contributed by atoms with Crippen LogP contribution < -0.4 is 5.32 Å². The Morgan fingerprint density at radius 3 is 2.22 bits per heavy atom. The lowest BCUT2D eigenvalue weighted by Crippen LogP contribution is -2.59. The number of fused-ring (bicyclic) bond motifs is 1. The van der Waals surface area contributed by atoms with Crippen LogP contribution in [0.25, 0.3) is 0 Å². The number of nitrogens with one attached hydrogen (secondary N) is 4. The molecule has 2 aliphatic heterocycles. The number of methoxy groups -OCH3 is 1. The molecule has 1 aliphatic carbocycles. The van der Waals surface area contributed by atoms with Crippen molar-refractivity contribution in [3.63, 3.8) is 0 Å². The van der Waals surface area contributed by atoms with Crippen LogP contribution >= 0.6 is 0 Å². The van der Waals surface area contributed by atoms with Gasteiger partial charge in [-0.2, -0.15) is 0 Å². The Kier molecular flexibility index (Phi) is 13.3. The predicted octanol–water partition coefficient (Wildman–Crippen LogP) is -0.796. The SMILES string of the molecule is COC(=O)C1C(=O)c2c([nH]c(Cc3[nH]c(C=O)c(C)c3CCOC3OC(CO)C(O)C(O)C3O)c2C)C1c1[nH]c(CC2NC(=O)C(C(O)CO)=C2C)c(C)c1CCC(=O)O. The summed E-state index contributed by atoms with van der Waals surface area (Å²) < 4.78 is 16.3. The van der Waals surface area contributed by atoms with Gasteiger partial charge in [0.1, 0.15) is 36.4 Å². The number of ether oxygens (including phenoxy) is 3. The molecule has 3 aromatic heterocycles. The fraction of sp³-hybridized carbons (Fsp3) is 0.537. The summed E-state index contributed by atoms with van der Waals surface area (Å²) in [7, 11) is 1.17. The van der Waals surface area contributed by atoms with E-state index in [4.69, 9.17) is 14.2 Å². The molecule has 0 aromatic carbocycles. The van der Waals surface area contributed by atoms with E-state index in [1.165, 1.54) is 7.11 Å². The number of esters is 1. The van der Waals surface area contributed by atoms with E-state index in [-0.39, 0.29) is 49.8 Å². The van der Waals surface area contributed by atoms with E-state index in [1.54, 1.807) is 27.7 Å². The Morgan fingerprint density at radius 1 is 0.883 bits per heavy atom. The van der Waals surface area contributed by atoms with Crippen LogP contribution in [0.2, 0.25) is 0 Å². The van der Waals surface area contributed by atoms with Gasteiger partial charge in [-0.25, -0.2) is 0 Å². The van der Waals surface area contributed by atoms with Crippen molar-refractivity contribution in [1.82, 2.24) is 20.3 Å². The summed E-state index contributed by atoms with van der Waals surface area (Å²) in [5, 5.41) is 72.6. The van der Waals surface area contributed by atoms with Crippen molar-refractivity contribution in [2.75, 3.05) is 26.9 Å². The number of amides is 1. The zero-order chi connectivity index (χ0) is 43.9. The number of ketones is 1. The quantitative estimate of drug-likeness (QED) is 0.0451. The molecule has 326 valence electrons. The molecule has 0 spiro atoms. The lowest BCUT2D eigenvalue weighted by atomic mass is 9.87. The minimum Gasteiger partial charge on any atom is -0.481 e. The van der Waals surface area contributed by atoms with E-state index in [9.17, 15) is 59.7 Å². The van der Waals surface area contributed by atoms with Gasteiger partial charge in [0.15, 0.2) is 18.4 Å². The van der Waals surface area contributed by atoms with Crippen molar-refractivity contribution in [1.29, 1.82) is 0 Å². The van der Waals surface area contributed by atoms with Crippen molar-refractivity contribution in [2.45, 2.75) is 109 Å². The molecular weight excluding hydrogens is 788 g/mol. The van der Waals surface area contributed by atoms with Gasteiger partial charge in [0.2, 0.25) is 5.91 Å². The molecule has 11 N–H and O–H groups in total. The Morgan fingerprint density at radius 2 is 1.58 bits per heavy atom. The van der Waals surface area contributed by atoms with E-state index in [0.717, 1.165) is 0 Å². The number of Topliss-reactive ketones (excluding diaryl/α,β-unsaturated/α-hetero) is 1. The van der Waals surface area contributed by atoms with Crippen LogP contribution in [0.5, 0.6) is 0 Å². The van der Waals surface area contributed by atoms with Crippen molar-refractivity contribution in [3.8, 4) is 0 Å². The molecule has 5 heterocycles. The van der Waals surface area contributed by atoms with Gasteiger partial charge in [0.05, 0.1) is 44.6 Å². The maximum absolute atomic E-state index is 14.3. The third-order valence-electron chi connectivity index (χ3n) is 12.3. The molecule has 19 heteroatoms. The van der Waals surface area contributed by atoms with E-state index in [0.29, 0.717) is 73.8 Å². The average Bonchev–Trinajstić information content (AvgIpc) is 3.97. The lowest BCUT2D eigenvalue weighted by molar-refractivity contribution is -0.300. The second-order valence-corrected chi connectivity index (χ2v) is 15.6. The number of aliphatic carboxylic acids is 1. The molecule has 0 saturated carbocycles.